The number of hydrogen-bond donors (Lipinski definition) is 2. The molecule has 0 aliphatic carbocycles. The number of rotatable bonds is 4. The van der Waals surface area contributed by atoms with Crippen molar-refractivity contribution in [2.24, 2.45) is 5.73 Å². The van der Waals surface area contributed by atoms with Crippen LogP contribution in [-0.2, 0) is 21.4 Å². The third-order valence-electron chi connectivity index (χ3n) is 3.46. The highest BCUT2D eigenvalue weighted by molar-refractivity contribution is 7.89. The molecule has 1 aliphatic heterocycles. The van der Waals surface area contributed by atoms with Crippen molar-refractivity contribution in [3.05, 3.63) is 29.6 Å². The van der Waals surface area contributed by atoms with Crippen LogP contribution in [0.5, 0.6) is 0 Å². The maximum Gasteiger partial charge on any atom is 0.243 e. The Morgan fingerprint density at radius 3 is 2.86 bits per heavy atom. The lowest BCUT2D eigenvalue weighted by Gasteiger charge is -2.19. The molecule has 2 rings (SSSR count). The van der Waals surface area contributed by atoms with Crippen LogP contribution in [0.25, 0.3) is 0 Å². The molecule has 6 nitrogen and oxygen atoms in total. The molecule has 0 bridgehead atoms. The van der Waals surface area contributed by atoms with Gasteiger partial charge >= 0.3 is 0 Å². The van der Waals surface area contributed by atoms with Crippen molar-refractivity contribution in [3.63, 3.8) is 0 Å². The van der Waals surface area contributed by atoms with Gasteiger partial charge in [-0.1, -0.05) is 6.07 Å². The Morgan fingerprint density at radius 2 is 2.24 bits per heavy atom. The molecule has 1 heterocycles. The lowest BCUT2D eigenvalue weighted by molar-refractivity contribution is -0.119. The third kappa shape index (κ3) is 3.22. The van der Waals surface area contributed by atoms with Crippen LogP contribution in [-0.4, -0.2) is 37.8 Å². The molecule has 3 N–H and O–H groups in total. The van der Waals surface area contributed by atoms with E-state index in [-0.39, 0.29) is 42.0 Å². The molecule has 0 saturated carbocycles. The molecule has 21 heavy (non-hydrogen) atoms. The first-order chi connectivity index (χ1) is 9.86. The summed E-state index contributed by atoms with van der Waals surface area (Å²) in [6.07, 6.45) is 0.534. The van der Waals surface area contributed by atoms with Gasteiger partial charge in [-0.2, -0.15) is 4.31 Å². The van der Waals surface area contributed by atoms with E-state index < -0.39 is 15.8 Å². The number of carbonyl (C=O) groups excluding carboxylic acids is 1. The molecule has 116 valence electrons. The van der Waals surface area contributed by atoms with Crippen molar-refractivity contribution in [2.45, 2.75) is 30.8 Å². The van der Waals surface area contributed by atoms with Crippen LogP contribution < -0.4 is 11.1 Å². The quantitative estimate of drug-likeness (QED) is 0.829. The van der Waals surface area contributed by atoms with Crippen LogP contribution >= 0.6 is 0 Å². The lowest BCUT2D eigenvalue weighted by Crippen LogP contribution is -2.37. The molecule has 1 aliphatic rings. The highest BCUT2D eigenvalue weighted by atomic mass is 32.2. The van der Waals surface area contributed by atoms with Gasteiger partial charge in [0, 0.05) is 38.2 Å². The normalized spacial score (nSPS) is 19.7. The fourth-order valence-electron chi connectivity index (χ4n) is 2.47. The standard InChI is InChI=1S/C13H18FN3O3S/c1-9(18)16-10-5-6-17(8-10)21(19,20)13-4-2-3-12(14)11(13)7-15/h2-4,10H,5-8,15H2,1H3,(H,16,18). The van der Waals surface area contributed by atoms with Crippen LogP contribution in [0.15, 0.2) is 23.1 Å². The first-order valence-corrected chi connectivity index (χ1v) is 8.05. The summed E-state index contributed by atoms with van der Waals surface area (Å²) in [6, 6.07) is 3.67. The zero-order chi connectivity index (χ0) is 15.6. The summed E-state index contributed by atoms with van der Waals surface area (Å²) < 4.78 is 40.1. The summed E-state index contributed by atoms with van der Waals surface area (Å²) in [5.74, 6) is -0.830. The number of amides is 1. The molecule has 1 saturated heterocycles. The van der Waals surface area contributed by atoms with E-state index in [0.717, 1.165) is 0 Å². The number of nitrogens with zero attached hydrogens (tertiary/aromatic N) is 1. The number of nitrogens with two attached hydrogens (primary N) is 1. The molecule has 1 fully saturated rings. The largest absolute Gasteiger partial charge is 0.352 e. The Balaban J connectivity index is 2.28. The van der Waals surface area contributed by atoms with E-state index in [1.54, 1.807) is 0 Å². The fraction of sp³-hybridized carbons (Fsp3) is 0.462. The molecule has 1 unspecified atom stereocenters. The third-order valence-corrected chi connectivity index (χ3v) is 5.41. The van der Waals surface area contributed by atoms with Crippen molar-refractivity contribution in [1.29, 1.82) is 0 Å². The smallest absolute Gasteiger partial charge is 0.243 e. The van der Waals surface area contributed by atoms with Crippen molar-refractivity contribution >= 4 is 15.9 Å². The van der Waals surface area contributed by atoms with E-state index in [4.69, 9.17) is 5.73 Å². The molecule has 1 atom stereocenters. The lowest BCUT2D eigenvalue weighted by atomic mass is 10.2. The molecule has 1 aromatic carbocycles. The molecular weight excluding hydrogens is 297 g/mol. The van der Waals surface area contributed by atoms with Gasteiger partial charge in [0.1, 0.15) is 5.82 Å². The second-order valence-electron chi connectivity index (χ2n) is 4.97. The fourth-order valence-corrected chi connectivity index (χ4v) is 4.21. The summed E-state index contributed by atoms with van der Waals surface area (Å²) in [6.45, 7) is 1.66. The van der Waals surface area contributed by atoms with Crippen LogP contribution in [0.2, 0.25) is 0 Å². The van der Waals surface area contributed by atoms with Gasteiger partial charge in [-0.05, 0) is 18.6 Å². The topological polar surface area (TPSA) is 92.5 Å². The van der Waals surface area contributed by atoms with Crippen LogP contribution in [0.1, 0.15) is 18.9 Å². The minimum atomic E-state index is -3.81. The predicted molar refractivity (Wildman–Crippen MR) is 75.3 cm³/mol. The van der Waals surface area contributed by atoms with E-state index in [0.29, 0.717) is 6.42 Å². The van der Waals surface area contributed by atoms with Gasteiger partial charge in [0.15, 0.2) is 0 Å². The van der Waals surface area contributed by atoms with E-state index in [2.05, 4.69) is 5.32 Å². The molecule has 1 aromatic rings. The van der Waals surface area contributed by atoms with Gasteiger partial charge in [-0.15, -0.1) is 0 Å². The highest BCUT2D eigenvalue weighted by Gasteiger charge is 2.34. The Kier molecular flexibility index (Phi) is 4.60. The number of benzene rings is 1. The van der Waals surface area contributed by atoms with Gasteiger partial charge in [-0.25, -0.2) is 12.8 Å². The first-order valence-electron chi connectivity index (χ1n) is 6.61. The number of nitrogens with one attached hydrogen (secondary N) is 1. The maximum absolute atomic E-state index is 13.7. The number of carbonyl (C=O) groups is 1. The summed E-state index contributed by atoms with van der Waals surface area (Å²) >= 11 is 0. The average molecular weight is 315 g/mol. The number of halogens is 1. The van der Waals surface area contributed by atoms with Crippen molar-refractivity contribution < 1.29 is 17.6 Å². The monoisotopic (exact) mass is 315 g/mol. The molecule has 0 spiro atoms. The van der Waals surface area contributed by atoms with Crippen molar-refractivity contribution in [1.82, 2.24) is 9.62 Å². The summed E-state index contributed by atoms with van der Waals surface area (Å²) in [5.41, 5.74) is 5.45. The van der Waals surface area contributed by atoms with E-state index in [1.165, 1.54) is 29.4 Å². The van der Waals surface area contributed by atoms with Crippen molar-refractivity contribution in [2.75, 3.05) is 13.1 Å². The van der Waals surface area contributed by atoms with E-state index >= 15 is 0 Å². The molecule has 1 amide bonds. The van der Waals surface area contributed by atoms with Crippen LogP contribution in [0, 0.1) is 5.82 Å². The van der Waals surface area contributed by atoms with Gasteiger partial charge in [0.2, 0.25) is 15.9 Å². The van der Waals surface area contributed by atoms with Gasteiger partial charge in [-0.3, -0.25) is 4.79 Å². The average Bonchev–Trinajstić information content (AvgIpc) is 2.86. The Bertz CT molecular complexity index is 648. The minimum Gasteiger partial charge on any atom is -0.352 e. The van der Waals surface area contributed by atoms with Gasteiger partial charge < -0.3 is 11.1 Å². The van der Waals surface area contributed by atoms with E-state index in [1.807, 2.05) is 0 Å². The summed E-state index contributed by atoms with van der Waals surface area (Å²) in [5, 5.41) is 2.69. The summed E-state index contributed by atoms with van der Waals surface area (Å²) in [7, 11) is -3.81. The Labute approximate surface area is 123 Å². The second kappa shape index (κ2) is 6.08. The van der Waals surface area contributed by atoms with E-state index in [9.17, 15) is 17.6 Å². The molecular formula is C13H18FN3O3S. The van der Waals surface area contributed by atoms with Gasteiger partial charge in [0.25, 0.3) is 0 Å². The Hall–Kier alpha value is -1.51. The minimum absolute atomic E-state index is 0.0134. The van der Waals surface area contributed by atoms with Crippen molar-refractivity contribution in [3.8, 4) is 0 Å². The zero-order valence-corrected chi connectivity index (χ0v) is 12.5. The zero-order valence-electron chi connectivity index (χ0n) is 11.7. The molecule has 0 aromatic heterocycles. The molecule has 8 heteroatoms. The van der Waals surface area contributed by atoms with Crippen LogP contribution in [0.3, 0.4) is 0 Å². The van der Waals surface area contributed by atoms with Crippen LogP contribution in [0.4, 0.5) is 4.39 Å². The predicted octanol–water partition coefficient (Wildman–Crippen LogP) is 0.184. The number of hydrogen-bond acceptors (Lipinski definition) is 4. The second-order valence-corrected chi connectivity index (χ2v) is 6.88. The summed E-state index contributed by atoms with van der Waals surface area (Å²) in [4.78, 5) is 10.9. The maximum atomic E-state index is 13.7. The first kappa shape index (κ1) is 15.9. The number of sulfonamides is 1. The molecule has 0 radical (unpaired) electrons. The SMILES string of the molecule is CC(=O)NC1CCN(S(=O)(=O)c2cccc(F)c2CN)C1. The Morgan fingerprint density at radius 1 is 1.52 bits per heavy atom. The van der Waals surface area contributed by atoms with Gasteiger partial charge in [0.05, 0.1) is 4.90 Å². The highest BCUT2D eigenvalue weighted by Crippen LogP contribution is 2.25.